The minimum atomic E-state index is -0.966. The van der Waals surface area contributed by atoms with Gasteiger partial charge in [-0.25, -0.2) is 14.6 Å². The monoisotopic (exact) mass is 272 g/mol. The first kappa shape index (κ1) is 12.5. The van der Waals surface area contributed by atoms with E-state index in [-0.39, 0.29) is 11.6 Å². The Morgan fingerprint density at radius 2 is 2.00 bits per heavy atom. The molecule has 0 atom stereocenters. The van der Waals surface area contributed by atoms with Crippen molar-refractivity contribution in [1.82, 2.24) is 9.97 Å². The predicted octanol–water partition coefficient (Wildman–Crippen LogP) is 2.49. The van der Waals surface area contributed by atoms with E-state index < -0.39 is 17.5 Å². The summed E-state index contributed by atoms with van der Waals surface area (Å²) in [7, 11) is 0. The molecule has 0 unspecified atom stereocenters. The first-order valence-electron chi connectivity index (χ1n) is 4.71. The average Bonchev–Trinajstić information content (AvgIpc) is 2.33. The number of aromatic nitrogens is 2. The van der Waals surface area contributed by atoms with Crippen LogP contribution in [0.1, 0.15) is 0 Å². The maximum atomic E-state index is 13.4. The fourth-order valence-electron chi connectivity index (χ4n) is 1.18. The van der Waals surface area contributed by atoms with Gasteiger partial charge in [0.25, 0.3) is 5.88 Å². The Labute approximate surface area is 106 Å². The van der Waals surface area contributed by atoms with Crippen molar-refractivity contribution in [2.75, 3.05) is 5.43 Å². The summed E-state index contributed by atoms with van der Waals surface area (Å²) in [6, 6.07) is 2.02. The largest absolute Gasteiger partial charge is 0.435 e. The van der Waals surface area contributed by atoms with Crippen LogP contribution in [0.15, 0.2) is 24.5 Å². The van der Waals surface area contributed by atoms with Gasteiger partial charge in [0.05, 0.1) is 11.2 Å². The van der Waals surface area contributed by atoms with Gasteiger partial charge >= 0.3 is 0 Å². The summed E-state index contributed by atoms with van der Waals surface area (Å²) >= 11 is 5.69. The highest BCUT2D eigenvalue weighted by Crippen LogP contribution is 2.26. The first-order chi connectivity index (χ1) is 8.60. The molecular formula is C10H7ClF2N4O. The summed E-state index contributed by atoms with van der Waals surface area (Å²) in [4.78, 5) is 7.28. The van der Waals surface area contributed by atoms with E-state index in [1.54, 1.807) is 0 Å². The normalized spacial score (nSPS) is 10.2. The van der Waals surface area contributed by atoms with Crippen LogP contribution in [0.3, 0.4) is 0 Å². The SMILES string of the molecule is NNc1nc(Oc2cncc(Cl)c2)c(F)cc1F. The van der Waals surface area contributed by atoms with Crippen molar-refractivity contribution in [3.05, 3.63) is 41.2 Å². The molecule has 5 nitrogen and oxygen atoms in total. The Hall–Kier alpha value is -1.99. The molecule has 0 saturated heterocycles. The van der Waals surface area contributed by atoms with Crippen molar-refractivity contribution < 1.29 is 13.5 Å². The maximum Gasteiger partial charge on any atom is 0.258 e. The molecular weight excluding hydrogens is 266 g/mol. The van der Waals surface area contributed by atoms with Crippen LogP contribution >= 0.6 is 11.6 Å². The summed E-state index contributed by atoms with van der Waals surface area (Å²) in [5.74, 6) is 2.53. The molecule has 0 saturated carbocycles. The molecule has 0 aliphatic rings. The van der Waals surface area contributed by atoms with Crippen molar-refractivity contribution in [3.63, 3.8) is 0 Å². The van der Waals surface area contributed by atoms with Crippen LogP contribution in [-0.4, -0.2) is 9.97 Å². The van der Waals surface area contributed by atoms with Gasteiger partial charge in [0.15, 0.2) is 17.5 Å². The van der Waals surface area contributed by atoms with Gasteiger partial charge in [-0.05, 0) is 0 Å². The fraction of sp³-hybridized carbons (Fsp3) is 0. The second-order valence-electron chi connectivity index (χ2n) is 3.19. The number of pyridine rings is 2. The topological polar surface area (TPSA) is 73.1 Å². The predicted molar refractivity (Wildman–Crippen MR) is 61.3 cm³/mol. The van der Waals surface area contributed by atoms with Crippen LogP contribution in [0.2, 0.25) is 5.02 Å². The zero-order valence-electron chi connectivity index (χ0n) is 8.82. The van der Waals surface area contributed by atoms with Gasteiger partial charge in [0.1, 0.15) is 5.75 Å². The number of nitrogens with zero attached hydrogens (tertiary/aromatic N) is 2. The Kier molecular flexibility index (Phi) is 3.54. The van der Waals surface area contributed by atoms with Crippen molar-refractivity contribution in [2.45, 2.75) is 0 Å². The number of hydrazine groups is 1. The van der Waals surface area contributed by atoms with Gasteiger partial charge in [-0.2, -0.15) is 4.98 Å². The second-order valence-corrected chi connectivity index (χ2v) is 3.63. The summed E-state index contributed by atoms with van der Waals surface area (Å²) in [6.45, 7) is 0. The number of nitrogens with two attached hydrogens (primary N) is 1. The van der Waals surface area contributed by atoms with Gasteiger partial charge in [-0.3, -0.25) is 4.98 Å². The molecule has 2 heterocycles. The highest BCUT2D eigenvalue weighted by atomic mass is 35.5. The smallest absolute Gasteiger partial charge is 0.258 e. The minimum Gasteiger partial charge on any atom is -0.435 e. The molecule has 2 aromatic rings. The molecule has 0 spiro atoms. The van der Waals surface area contributed by atoms with E-state index in [9.17, 15) is 8.78 Å². The van der Waals surface area contributed by atoms with Gasteiger partial charge in [-0.1, -0.05) is 11.6 Å². The van der Waals surface area contributed by atoms with Gasteiger partial charge in [-0.15, -0.1) is 0 Å². The molecule has 0 aromatic carbocycles. The summed E-state index contributed by atoms with van der Waals surface area (Å²) in [6.07, 6.45) is 2.70. The van der Waals surface area contributed by atoms with Gasteiger partial charge < -0.3 is 10.2 Å². The molecule has 0 fully saturated rings. The molecule has 0 aliphatic carbocycles. The quantitative estimate of drug-likeness (QED) is 0.663. The maximum absolute atomic E-state index is 13.4. The van der Waals surface area contributed by atoms with Crippen LogP contribution in [0.25, 0.3) is 0 Å². The van der Waals surface area contributed by atoms with Crippen molar-refractivity contribution in [2.24, 2.45) is 5.84 Å². The summed E-state index contributed by atoms with van der Waals surface area (Å²) < 4.78 is 31.6. The molecule has 2 rings (SSSR count). The molecule has 0 aliphatic heterocycles. The first-order valence-corrected chi connectivity index (χ1v) is 5.09. The van der Waals surface area contributed by atoms with Crippen LogP contribution < -0.4 is 16.0 Å². The number of nitrogens with one attached hydrogen (secondary N) is 1. The Balaban J connectivity index is 2.34. The number of hydrogen-bond acceptors (Lipinski definition) is 5. The Morgan fingerprint density at radius 1 is 1.22 bits per heavy atom. The molecule has 8 heteroatoms. The molecule has 0 bridgehead atoms. The van der Waals surface area contributed by atoms with Crippen molar-refractivity contribution in [3.8, 4) is 11.6 Å². The number of hydrogen-bond donors (Lipinski definition) is 2. The Morgan fingerprint density at radius 3 is 2.67 bits per heavy atom. The molecule has 94 valence electrons. The third kappa shape index (κ3) is 2.63. The summed E-state index contributed by atoms with van der Waals surface area (Å²) in [5.41, 5.74) is 1.99. The lowest BCUT2D eigenvalue weighted by Gasteiger charge is -2.08. The lowest BCUT2D eigenvalue weighted by molar-refractivity contribution is 0.416. The van der Waals surface area contributed by atoms with Crippen LogP contribution in [0.4, 0.5) is 14.6 Å². The molecule has 3 N–H and O–H groups in total. The molecule has 18 heavy (non-hydrogen) atoms. The van der Waals surface area contributed by atoms with E-state index in [2.05, 4.69) is 9.97 Å². The van der Waals surface area contributed by atoms with Gasteiger partial charge in [0.2, 0.25) is 0 Å². The van der Waals surface area contributed by atoms with E-state index in [0.29, 0.717) is 11.1 Å². The number of rotatable bonds is 3. The highest BCUT2D eigenvalue weighted by Gasteiger charge is 2.13. The third-order valence-corrected chi connectivity index (χ3v) is 2.14. The van der Waals surface area contributed by atoms with Crippen LogP contribution in [0.5, 0.6) is 11.6 Å². The van der Waals surface area contributed by atoms with Crippen LogP contribution in [-0.2, 0) is 0 Å². The summed E-state index contributed by atoms with van der Waals surface area (Å²) in [5, 5.41) is 0.312. The molecule has 0 amide bonds. The van der Waals surface area contributed by atoms with Crippen molar-refractivity contribution in [1.29, 1.82) is 0 Å². The Bertz CT molecular complexity index is 582. The van der Waals surface area contributed by atoms with E-state index in [1.807, 2.05) is 5.43 Å². The van der Waals surface area contributed by atoms with Crippen LogP contribution in [0, 0.1) is 11.6 Å². The number of ether oxygens (including phenoxy) is 1. The van der Waals surface area contributed by atoms with E-state index >= 15 is 0 Å². The van der Waals surface area contributed by atoms with E-state index in [0.717, 1.165) is 0 Å². The standard InChI is InChI=1S/C10H7ClF2N4O/c11-5-1-6(4-15-3-5)18-10-8(13)2-7(12)9(16-10)17-14/h1-4H,14H2,(H,16,17). The molecule has 0 radical (unpaired) electrons. The van der Waals surface area contributed by atoms with E-state index in [1.165, 1.54) is 18.5 Å². The van der Waals surface area contributed by atoms with Gasteiger partial charge in [0, 0.05) is 18.3 Å². The van der Waals surface area contributed by atoms with Crippen molar-refractivity contribution >= 4 is 17.4 Å². The second kappa shape index (κ2) is 5.11. The third-order valence-electron chi connectivity index (χ3n) is 1.93. The minimum absolute atomic E-state index is 0.170. The average molecular weight is 273 g/mol. The number of anilines is 1. The zero-order chi connectivity index (χ0) is 13.1. The lowest BCUT2D eigenvalue weighted by atomic mass is 10.4. The fourth-order valence-corrected chi connectivity index (χ4v) is 1.35. The highest BCUT2D eigenvalue weighted by molar-refractivity contribution is 6.30. The lowest BCUT2D eigenvalue weighted by Crippen LogP contribution is -2.11. The number of halogens is 3. The number of nitrogen functional groups attached to an aromatic ring is 1. The van der Waals surface area contributed by atoms with E-state index in [4.69, 9.17) is 22.2 Å². The zero-order valence-corrected chi connectivity index (χ0v) is 9.58. The molecule has 2 aromatic heterocycles.